The van der Waals surface area contributed by atoms with Crippen LogP contribution in [0.2, 0.25) is 0 Å². The number of allylic oxidation sites excluding steroid dienone is 11. The van der Waals surface area contributed by atoms with Gasteiger partial charge in [0.2, 0.25) is 0 Å². The first-order chi connectivity index (χ1) is 31.1. The maximum atomic E-state index is 5.41. The molecule has 4 nitrogen and oxygen atoms in total. The van der Waals surface area contributed by atoms with Crippen LogP contribution in [0.25, 0.3) is 39.0 Å². The van der Waals surface area contributed by atoms with Gasteiger partial charge in [0.15, 0.2) is 5.82 Å². The highest BCUT2D eigenvalue weighted by molar-refractivity contribution is 6.01. The number of aliphatic imine (C=N–C) groups is 1. The summed E-state index contributed by atoms with van der Waals surface area (Å²) in [4.78, 5) is 18.2. The van der Waals surface area contributed by atoms with Crippen molar-refractivity contribution in [1.82, 2.24) is 14.9 Å². The first-order valence-corrected chi connectivity index (χ1v) is 22.9. The fourth-order valence-electron chi connectivity index (χ4n) is 10.9. The van der Waals surface area contributed by atoms with Crippen molar-refractivity contribution in [3.05, 3.63) is 234 Å². The van der Waals surface area contributed by atoms with Crippen LogP contribution in [0.4, 0.5) is 0 Å². The van der Waals surface area contributed by atoms with Gasteiger partial charge in [-0.1, -0.05) is 207 Å². The van der Waals surface area contributed by atoms with Crippen LogP contribution in [0.1, 0.15) is 67.0 Å². The van der Waals surface area contributed by atoms with E-state index in [2.05, 4.69) is 212 Å². The number of benzene rings is 5. The van der Waals surface area contributed by atoms with Crippen LogP contribution in [0, 0.1) is 17.8 Å². The molecule has 5 aromatic carbocycles. The second kappa shape index (κ2) is 16.8. The Morgan fingerprint density at radius 2 is 1.35 bits per heavy atom. The fourth-order valence-corrected chi connectivity index (χ4v) is 10.9. The zero-order chi connectivity index (χ0) is 42.2. The molecule has 11 rings (SSSR count). The second-order valence-corrected chi connectivity index (χ2v) is 17.8. The number of rotatable bonds is 8. The number of nitrogens with zero attached hydrogens (tertiary/aromatic N) is 4. The molecule has 1 aromatic heterocycles. The largest absolute Gasteiger partial charge is 0.349 e. The van der Waals surface area contributed by atoms with Gasteiger partial charge in [0.1, 0.15) is 5.84 Å². The summed E-state index contributed by atoms with van der Waals surface area (Å²) in [6.45, 7) is 0. The lowest BCUT2D eigenvalue weighted by molar-refractivity contribution is 0.223. The third kappa shape index (κ3) is 7.38. The molecule has 4 unspecified atom stereocenters. The number of fused-ring (bicyclic) bond motifs is 2. The van der Waals surface area contributed by atoms with Gasteiger partial charge < -0.3 is 4.90 Å². The van der Waals surface area contributed by atoms with Crippen molar-refractivity contribution in [2.75, 3.05) is 7.05 Å². The molecule has 1 fully saturated rings. The Morgan fingerprint density at radius 3 is 2.14 bits per heavy atom. The fraction of sp³-hybridized carbons (Fsp3) is 0.203. The molecule has 4 atom stereocenters. The van der Waals surface area contributed by atoms with Crippen LogP contribution in [0.15, 0.2) is 217 Å². The minimum Gasteiger partial charge on any atom is -0.349 e. The molecular formula is C59H52N4. The second-order valence-electron chi connectivity index (χ2n) is 17.8. The average Bonchev–Trinajstić information content (AvgIpc) is 3.37. The molecule has 0 amide bonds. The Labute approximate surface area is 371 Å². The average molecular weight is 817 g/mol. The molecule has 1 saturated carbocycles. The van der Waals surface area contributed by atoms with Gasteiger partial charge in [-0.3, -0.25) is 0 Å². The molecular weight excluding hydrogens is 765 g/mol. The molecule has 1 aliphatic heterocycles. The van der Waals surface area contributed by atoms with E-state index < -0.39 is 0 Å². The van der Waals surface area contributed by atoms with E-state index in [0.29, 0.717) is 11.8 Å². The lowest BCUT2D eigenvalue weighted by Crippen LogP contribution is -2.37. The summed E-state index contributed by atoms with van der Waals surface area (Å²) in [5.74, 6) is 2.76. The molecule has 0 saturated heterocycles. The first-order valence-electron chi connectivity index (χ1n) is 22.9. The van der Waals surface area contributed by atoms with E-state index in [1.807, 2.05) is 0 Å². The third-order valence-corrected chi connectivity index (χ3v) is 14.3. The molecule has 0 N–H and O–H groups in total. The van der Waals surface area contributed by atoms with E-state index in [4.69, 9.17) is 15.0 Å². The summed E-state index contributed by atoms with van der Waals surface area (Å²) in [6.07, 6.45) is 32.6. The van der Waals surface area contributed by atoms with E-state index in [0.717, 1.165) is 51.9 Å². The minimum atomic E-state index is 0.0400. The van der Waals surface area contributed by atoms with Crippen molar-refractivity contribution >= 4 is 22.2 Å². The SMILES string of the molecule is CN1C(c2ccccc2)=NC(C2=CCC(C3(c4ccc(-c5cc(C6=CC=CC7C=CC=CC67)nc(-c6ccccc6)n5)cc4)CCCCC3)C=C2)=CC1c1cccc2ccccc12. The Hall–Kier alpha value is -6.91. The van der Waals surface area contributed by atoms with Crippen molar-refractivity contribution < 1.29 is 0 Å². The van der Waals surface area contributed by atoms with E-state index in [1.165, 1.54) is 65.1 Å². The summed E-state index contributed by atoms with van der Waals surface area (Å²) < 4.78 is 0. The zero-order valence-corrected chi connectivity index (χ0v) is 35.9. The summed E-state index contributed by atoms with van der Waals surface area (Å²) in [6, 6.07) is 48.2. The van der Waals surface area contributed by atoms with Gasteiger partial charge in [-0.05, 0) is 70.4 Å². The molecule has 0 radical (unpaired) electrons. The summed E-state index contributed by atoms with van der Waals surface area (Å²) in [5.41, 5.74) is 11.5. The lowest BCUT2D eigenvalue weighted by Gasteiger charge is -2.44. The number of amidine groups is 1. The molecule has 308 valence electrons. The topological polar surface area (TPSA) is 41.4 Å². The molecule has 0 spiro atoms. The van der Waals surface area contributed by atoms with Crippen molar-refractivity contribution in [1.29, 1.82) is 0 Å². The minimum absolute atomic E-state index is 0.0400. The number of likely N-dealkylation sites (N-methyl/N-ethyl adjacent to an activating group) is 1. The van der Waals surface area contributed by atoms with Crippen molar-refractivity contribution in [2.24, 2.45) is 22.7 Å². The highest BCUT2D eigenvalue weighted by Crippen LogP contribution is 2.49. The summed E-state index contributed by atoms with van der Waals surface area (Å²) >= 11 is 0. The van der Waals surface area contributed by atoms with E-state index in [9.17, 15) is 0 Å². The molecule has 5 aliphatic rings. The maximum Gasteiger partial charge on any atom is 0.160 e. The molecule has 0 bridgehead atoms. The van der Waals surface area contributed by atoms with Gasteiger partial charge >= 0.3 is 0 Å². The monoisotopic (exact) mass is 816 g/mol. The quantitative estimate of drug-likeness (QED) is 0.154. The zero-order valence-electron chi connectivity index (χ0n) is 35.9. The standard InChI is InChI=1S/C59H52N4/c1-63-56(52-28-16-24-42-18-10-12-26-50(42)52)40-54(62-58(63)46-21-7-3-8-22-46)44-31-35-48(36-32-44)59(37-13-4-14-38-59)47-33-29-43(30-34-47)53-39-55(61-57(60-53)45-19-5-2-6-20-45)51-27-15-23-41-17-9-11-25-49(41)51/h2-3,5-12,15-35,39-41,48-49,56H,4,13-14,36-38H2,1H3. The van der Waals surface area contributed by atoms with Gasteiger partial charge in [-0.25, -0.2) is 15.0 Å². The van der Waals surface area contributed by atoms with Crippen LogP contribution in [-0.4, -0.2) is 27.8 Å². The van der Waals surface area contributed by atoms with Gasteiger partial charge in [0.25, 0.3) is 0 Å². The smallest absolute Gasteiger partial charge is 0.160 e. The predicted molar refractivity (Wildman–Crippen MR) is 261 cm³/mol. The van der Waals surface area contributed by atoms with E-state index >= 15 is 0 Å². The van der Waals surface area contributed by atoms with E-state index in [-0.39, 0.29) is 17.4 Å². The van der Waals surface area contributed by atoms with Crippen molar-refractivity contribution in [3.63, 3.8) is 0 Å². The van der Waals surface area contributed by atoms with Crippen molar-refractivity contribution in [2.45, 2.75) is 50.0 Å². The van der Waals surface area contributed by atoms with Gasteiger partial charge in [0.05, 0.1) is 23.1 Å². The van der Waals surface area contributed by atoms with Crippen molar-refractivity contribution in [3.8, 4) is 22.6 Å². The highest BCUT2D eigenvalue weighted by atomic mass is 15.2. The number of hydrogen-bond donors (Lipinski definition) is 0. The Bertz CT molecular complexity index is 2910. The molecule has 63 heavy (non-hydrogen) atoms. The summed E-state index contributed by atoms with van der Waals surface area (Å²) in [7, 11) is 2.18. The van der Waals surface area contributed by atoms with Gasteiger partial charge in [0, 0.05) is 41.0 Å². The first kappa shape index (κ1) is 39.0. The van der Waals surface area contributed by atoms with Crippen LogP contribution >= 0.6 is 0 Å². The molecule has 6 aromatic rings. The number of hydrogen-bond acceptors (Lipinski definition) is 4. The van der Waals surface area contributed by atoms with Crippen LogP contribution in [0.3, 0.4) is 0 Å². The lowest BCUT2D eigenvalue weighted by atomic mass is 9.60. The summed E-state index contributed by atoms with van der Waals surface area (Å²) in [5, 5.41) is 2.54. The Morgan fingerprint density at radius 1 is 0.635 bits per heavy atom. The van der Waals surface area contributed by atoms with E-state index in [1.54, 1.807) is 0 Å². The number of aromatic nitrogens is 2. The Balaban J connectivity index is 0.917. The Kier molecular flexibility index (Phi) is 10.4. The van der Waals surface area contributed by atoms with Crippen LogP contribution < -0.4 is 0 Å². The van der Waals surface area contributed by atoms with Crippen LogP contribution in [0.5, 0.6) is 0 Å². The molecule has 4 aliphatic carbocycles. The normalized spacial score (nSPS) is 22.5. The molecule has 2 heterocycles. The van der Waals surface area contributed by atoms with Gasteiger partial charge in [-0.2, -0.15) is 0 Å². The molecule has 4 heteroatoms. The van der Waals surface area contributed by atoms with Gasteiger partial charge in [-0.15, -0.1) is 0 Å². The highest BCUT2D eigenvalue weighted by Gasteiger charge is 2.41. The van der Waals surface area contributed by atoms with Crippen LogP contribution in [-0.2, 0) is 5.41 Å². The maximum absolute atomic E-state index is 5.41. The predicted octanol–water partition coefficient (Wildman–Crippen LogP) is 14.0. The third-order valence-electron chi connectivity index (χ3n) is 14.3.